The van der Waals surface area contributed by atoms with Gasteiger partial charge in [-0.05, 0) is 174 Å². The second-order valence-electron chi connectivity index (χ2n) is 15.3. The Labute approximate surface area is 322 Å². The lowest BCUT2D eigenvalue weighted by atomic mass is 9.80. The molecule has 6 heteroatoms. The van der Waals surface area contributed by atoms with E-state index >= 15 is 0 Å². The average Bonchev–Trinajstić information content (AvgIpc) is 3.16. The highest BCUT2D eigenvalue weighted by molar-refractivity contribution is 5.86. The maximum absolute atomic E-state index is 12.2. The van der Waals surface area contributed by atoms with Gasteiger partial charge in [-0.2, -0.15) is 0 Å². The molecule has 0 aliphatic heterocycles. The van der Waals surface area contributed by atoms with E-state index in [-0.39, 0.29) is 18.0 Å². The molecule has 0 heterocycles. The molecule has 4 aromatic rings. The number of rotatable bonds is 11. The number of ether oxygens (including phenoxy) is 4. The largest absolute Gasteiger partial charge is 0.507 e. The predicted molar refractivity (Wildman–Crippen MR) is 220 cm³/mol. The van der Waals surface area contributed by atoms with Gasteiger partial charge in [-0.15, -0.1) is 0 Å². The van der Waals surface area contributed by atoms with E-state index in [9.17, 15) is 10.2 Å². The number of allylic oxidation sites excluding steroid dienone is 4. The fourth-order valence-electron chi connectivity index (χ4n) is 8.30. The molecule has 0 bridgehead atoms. The van der Waals surface area contributed by atoms with E-state index in [0.29, 0.717) is 40.7 Å². The van der Waals surface area contributed by atoms with Crippen LogP contribution < -0.4 is 18.9 Å². The molecule has 0 radical (unpaired) electrons. The van der Waals surface area contributed by atoms with E-state index in [1.807, 2.05) is 76.2 Å². The first kappa shape index (κ1) is 38.9. The van der Waals surface area contributed by atoms with E-state index in [1.165, 1.54) is 48.8 Å². The van der Waals surface area contributed by atoms with Gasteiger partial charge in [-0.3, -0.25) is 0 Å². The molecule has 6 nitrogen and oxygen atoms in total. The van der Waals surface area contributed by atoms with Gasteiger partial charge in [0.2, 0.25) is 0 Å². The van der Waals surface area contributed by atoms with Crippen LogP contribution in [0.25, 0.3) is 27.8 Å². The Bertz CT molecular complexity index is 2020. The lowest BCUT2D eigenvalue weighted by molar-refractivity contribution is 0.131. The van der Waals surface area contributed by atoms with E-state index in [2.05, 4.69) is 25.1 Å². The SMILES string of the molecule is COc1ccc(OC(C)C[C@H](C)Oc2ccc(OC)cc2-c2cc(C)cc(/C3=C4\CCCC\C4=C\CCCCCC3)c2O)c(-c2cc(C)cc(C)c2O)c1. The first-order valence-electron chi connectivity index (χ1n) is 19.8. The topological polar surface area (TPSA) is 77.4 Å². The zero-order valence-electron chi connectivity index (χ0n) is 33.3. The third kappa shape index (κ3) is 8.92. The fraction of sp³-hybridized carbons (Fsp3) is 0.417. The van der Waals surface area contributed by atoms with Gasteiger partial charge >= 0.3 is 0 Å². The van der Waals surface area contributed by atoms with Crippen LogP contribution in [0.5, 0.6) is 34.5 Å². The normalized spacial score (nSPS) is 18.5. The molecule has 2 atom stereocenters. The number of fused-ring (bicyclic) bond motifs is 1. The van der Waals surface area contributed by atoms with Crippen LogP contribution in [0, 0.1) is 20.8 Å². The van der Waals surface area contributed by atoms with Crippen molar-refractivity contribution in [2.45, 2.75) is 117 Å². The van der Waals surface area contributed by atoms with Crippen molar-refractivity contribution in [3.63, 3.8) is 0 Å². The summed E-state index contributed by atoms with van der Waals surface area (Å²) in [6.45, 7) is 10.1. The Morgan fingerprint density at radius 3 is 1.70 bits per heavy atom. The zero-order valence-corrected chi connectivity index (χ0v) is 33.3. The van der Waals surface area contributed by atoms with Crippen molar-refractivity contribution < 1.29 is 29.2 Å². The summed E-state index contributed by atoms with van der Waals surface area (Å²) in [6.07, 6.45) is 14.2. The standard InChI is InChI=1S/C48H58O6/c1-30-23-32(3)47(49)43(24-30)40-28-36(51-6)19-21-45(40)53-33(4)27-34(5)54-46-22-20-37(52-7)29-41(46)44-26-31(2)25-42(48(44)50)39-18-12-10-8-9-11-15-35-16-13-14-17-38(35)39/h15,19-26,28-29,33-34,49-50H,8-14,16-18,27H2,1-7H3/b35-15-,39-38+/t33?,34-/m0/s1. The molecule has 0 aromatic heterocycles. The third-order valence-corrected chi connectivity index (χ3v) is 10.9. The monoisotopic (exact) mass is 730 g/mol. The number of hydrogen-bond acceptors (Lipinski definition) is 6. The molecule has 0 amide bonds. The van der Waals surface area contributed by atoms with E-state index in [1.54, 1.807) is 14.2 Å². The summed E-state index contributed by atoms with van der Waals surface area (Å²) in [7, 11) is 3.30. The van der Waals surface area contributed by atoms with Gasteiger partial charge in [-0.25, -0.2) is 0 Å². The van der Waals surface area contributed by atoms with Gasteiger partial charge in [0.25, 0.3) is 0 Å². The van der Waals surface area contributed by atoms with Crippen LogP contribution in [0.1, 0.15) is 107 Å². The molecule has 4 aromatic carbocycles. The van der Waals surface area contributed by atoms with Gasteiger partial charge in [0, 0.05) is 34.2 Å². The summed E-state index contributed by atoms with van der Waals surface area (Å²) in [5.41, 5.74) is 11.2. The molecule has 0 saturated heterocycles. The van der Waals surface area contributed by atoms with Crippen molar-refractivity contribution in [2.24, 2.45) is 0 Å². The molecule has 1 saturated carbocycles. The smallest absolute Gasteiger partial charge is 0.131 e. The number of aromatic hydroxyl groups is 2. The molecule has 286 valence electrons. The highest BCUT2D eigenvalue weighted by Crippen LogP contribution is 2.47. The molecule has 1 fully saturated rings. The zero-order chi connectivity index (χ0) is 38.4. The summed E-state index contributed by atoms with van der Waals surface area (Å²) in [4.78, 5) is 0. The predicted octanol–water partition coefficient (Wildman–Crippen LogP) is 12.6. The number of hydrogen-bond donors (Lipinski definition) is 2. The Morgan fingerprint density at radius 1 is 0.556 bits per heavy atom. The van der Waals surface area contributed by atoms with Crippen LogP contribution in [0.4, 0.5) is 0 Å². The lowest BCUT2D eigenvalue weighted by Crippen LogP contribution is -2.23. The van der Waals surface area contributed by atoms with Gasteiger partial charge in [-0.1, -0.05) is 25.0 Å². The van der Waals surface area contributed by atoms with E-state index in [0.717, 1.165) is 71.0 Å². The van der Waals surface area contributed by atoms with Crippen LogP contribution in [0.15, 0.2) is 77.9 Å². The number of aryl methyl sites for hydroxylation is 3. The van der Waals surface area contributed by atoms with Crippen molar-refractivity contribution in [2.75, 3.05) is 14.2 Å². The van der Waals surface area contributed by atoms with Crippen LogP contribution >= 0.6 is 0 Å². The molecule has 1 unspecified atom stereocenters. The molecule has 2 aliphatic rings. The summed E-state index contributed by atoms with van der Waals surface area (Å²) >= 11 is 0. The Kier molecular flexibility index (Phi) is 12.6. The van der Waals surface area contributed by atoms with Gasteiger partial charge in [0.15, 0.2) is 0 Å². The molecule has 2 N–H and O–H groups in total. The van der Waals surface area contributed by atoms with Crippen molar-refractivity contribution in [3.8, 4) is 56.8 Å². The maximum atomic E-state index is 12.2. The first-order chi connectivity index (χ1) is 26.1. The summed E-state index contributed by atoms with van der Waals surface area (Å²) < 4.78 is 24.5. The minimum Gasteiger partial charge on any atom is -0.507 e. The van der Waals surface area contributed by atoms with Crippen LogP contribution in [0.3, 0.4) is 0 Å². The van der Waals surface area contributed by atoms with Crippen molar-refractivity contribution in [3.05, 3.63) is 100 Å². The highest BCUT2D eigenvalue weighted by Gasteiger charge is 2.24. The number of methoxy groups -OCH3 is 2. The van der Waals surface area contributed by atoms with Crippen molar-refractivity contribution in [1.29, 1.82) is 0 Å². The fourth-order valence-corrected chi connectivity index (χ4v) is 8.30. The molecule has 0 spiro atoms. The number of benzene rings is 4. The Hall–Kier alpha value is -4.84. The molecule has 6 rings (SSSR count). The van der Waals surface area contributed by atoms with Crippen LogP contribution in [-0.2, 0) is 0 Å². The quantitative estimate of drug-likeness (QED) is 0.160. The van der Waals surface area contributed by atoms with E-state index < -0.39 is 0 Å². The summed E-state index contributed by atoms with van der Waals surface area (Å²) in [6, 6.07) is 19.7. The summed E-state index contributed by atoms with van der Waals surface area (Å²) in [5, 5.41) is 23.3. The minimum absolute atomic E-state index is 0.223. The molecule has 2 aliphatic carbocycles. The molecular weight excluding hydrogens is 673 g/mol. The molecule has 54 heavy (non-hydrogen) atoms. The van der Waals surface area contributed by atoms with Gasteiger partial charge in [0.1, 0.15) is 34.5 Å². The average molecular weight is 731 g/mol. The number of phenols is 2. The second kappa shape index (κ2) is 17.5. The Balaban J connectivity index is 1.30. The van der Waals surface area contributed by atoms with Gasteiger partial charge < -0.3 is 29.2 Å². The van der Waals surface area contributed by atoms with Gasteiger partial charge in [0.05, 0.1) is 26.4 Å². The maximum Gasteiger partial charge on any atom is 0.131 e. The van der Waals surface area contributed by atoms with Crippen molar-refractivity contribution in [1.82, 2.24) is 0 Å². The summed E-state index contributed by atoms with van der Waals surface area (Å²) in [5.74, 6) is 3.24. The Morgan fingerprint density at radius 2 is 1.07 bits per heavy atom. The lowest BCUT2D eigenvalue weighted by Gasteiger charge is -2.26. The van der Waals surface area contributed by atoms with Crippen molar-refractivity contribution >= 4 is 5.57 Å². The van der Waals surface area contributed by atoms with Crippen LogP contribution in [0.2, 0.25) is 0 Å². The minimum atomic E-state index is -0.229. The third-order valence-electron chi connectivity index (χ3n) is 10.9. The molecular formula is C48H58O6. The highest BCUT2D eigenvalue weighted by atomic mass is 16.5. The number of phenolic OH excluding ortho intramolecular Hbond substituents is 2. The van der Waals surface area contributed by atoms with Crippen LogP contribution in [-0.4, -0.2) is 36.6 Å². The first-order valence-corrected chi connectivity index (χ1v) is 19.8. The van der Waals surface area contributed by atoms with E-state index in [4.69, 9.17) is 18.9 Å². The second-order valence-corrected chi connectivity index (χ2v) is 15.3.